The molecule has 1 aliphatic rings. The molecule has 2 N–H and O–H groups in total. The Morgan fingerprint density at radius 3 is 2.78 bits per heavy atom. The molecule has 18 heavy (non-hydrogen) atoms. The molecule has 0 aliphatic carbocycles. The van der Waals surface area contributed by atoms with E-state index >= 15 is 0 Å². The second-order valence-corrected chi connectivity index (χ2v) is 5.22. The summed E-state index contributed by atoms with van der Waals surface area (Å²) in [7, 11) is 0. The van der Waals surface area contributed by atoms with Crippen LogP contribution in [0.25, 0.3) is 0 Å². The van der Waals surface area contributed by atoms with Crippen LogP contribution < -0.4 is 10.6 Å². The minimum Gasteiger partial charge on any atom is -0.349 e. The van der Waals surface area contributed by atoms with Crippen LogP contribution in [0.2, 0.25) is 0 Å². The average molecular weight is 246 g/mol. The van der Waals surface area contributed by atoms with Gasteiger partial charge >= 0.3 is 0 Å². The van der Waals surface area contributed by atoms with Crippen molar-refractivity contribution in [2.45, 2.75) is 39.3 Å². The zero-order valence-corrected chi connectivity index (χ0v) is 11.4. The van der Waals surface area contributed by atoms with Crippen molar-refractivity contribution in [1.82, 2.24) is 10.6 Å². The van der Waals surface area contributed by atoms with E-state index in [-0.39, 0.29) is 23.9 Å². The fourth-order valence-corrected chi connectivity index (χ4v) is 2.69. The van der Waals surface area contributed by atoms with Gasteiger partial charge < -0.3 is 10.6 Å². The quantitative estimate of drug-likeness (QED) is 0.858. The summed E-state index contributed by atoms with van der Waals surface area (Å²) in [5, 5.41) is 6.44. The van der Waals surface area contributed by atoms with Gasteiger partial charge in [0.15, 0.2) is 0 Å². The largest absolute Gasteiger partial charge is 0.349 e. The number of hydrogen-bond acceptors (Lipinski definition) is 2. The number of carbonyl (C=O) groups is 1. The fraction of sp³-hybridized carbons (Fsp3) is 0.533. The Balaban J connectivity index is 2.01. The Labute approximate surface area is 109 Å². The van der Waals surface area contributed by atoms with Gasteiger partial charge in [-0.05, 0) is 44.9 Å². The Morgan fingerprint density at radius 2 is 2.17 bits per heavy atom. The Bertz CT molecular complexity index is 430. The van der Waals surface area contributed by atoms with Gasteiger partial charge in [-0.25, -0.2) is 0 Å². The van der Waals surface area contributed by atoms with Crippen molar-refractivity contribution in [3.63, 3.8) is 0 Å². The second-order valence-electron chi connectivity index (χ2n) is 5.22. The molecule has 0 spiro atoms. The molecule has 3 nitrogen and oxygen atoms in total. The van der Waals surface area contributed by atoms with Gasteiger partial charge in [-0.3, -0.25) is 4.79 Å². The lowest BCUT2D eigenvalue weighted by Gasteiger charge is -2.20. The van der Waals surface area contributed by atoms with Gasteiger partial charge in [-0.1, -0.05) is 24.3 Å². The van der Waals surface area contributed by atoms with Crippen LogP contribution >= 0.6 is 0 Å². The summed E-state index contributed by atoms with van der Waals surface area (Å²) in [5.41, 5.74) is 2.42. The van der Waals surface area contributed by atoms with Crippen molar-refractivity contribution in [1.29, 1.82) is 0 Å². The first kappa shape index (κ1) is 13.1. The van der Waals surface area contributed by atoms with Crippen molar-refractivity contribution in [2.24, 2.45) is 5.92 Å². The summed E-state index contributed by atoms with van der Waals surface area (Å²) in [6.07, 6.45) is 0.938. The standard InChI is InChI=1S/C15H22N2O/c1-10-6-4-5-7-13(10)12(3)17-15(18)14-8-9-16-11(14)2/h4-7,11-12,14,16H,8-9H2,1-3H3,(H,17,18)/t11?,12-,14?/m0/s1. The number of benzene rings is 1. The normalized spacial score (nSPS) is 24.8. The molecule has 2 unspecified atom stereocenters. The summed E-state index contributed by atoms with van der Waals surface area (Å²) in [4.78, 5) is 12.2. The van der Waals surface area contributed by atoms with Crippen molar-refractivity contribution in [2.75, 3.05) is 6.54 Å². The molecule has 0 saturated carbocycles. The van der Waals surface area contributed by atoms with Crippen LogP contribution in [0.3, 0.4) is 0 Å². The van der Waals surface area contributed by atoms with Crippen molar-refractivity contribution in [3.8, 4) is 0 Å². The van der Waals surface area contributed by atoms with Gasteiger partial charge in [0.1, 0.15) is 0 Å². The number of carbonyl (C=O) groups excluding carboxylic acids is 1. The predicted molar refractivity (Wildman–Crippen MR) is 73.3 cm³/mol. The maximum absolute atomic E-state index is 12.2. The molecule has 2 rings (SSSR count). The van der Waals surface area contributed by atoms with Crippen molar-refractivity contribution in [3.05, 3.63) is 35.4 Å². The van der Waals surface area contributed by atoms with Gasteiger partial charge in [-0.15, -0.1) is 0 Å². The third kappa shape index (κ3) is 2.72. The van der Waals surface area contributed by atoms with E-state index in [1.807, 2.05) is 19.1 Å². The van der Waals surface area contributed by atoms with Gasteiger partial charge in [0.25, 0.3) is 0 Å². The Morgan fingerprint density at radius 1 is 1.44 bits per heavy atom. The molecule has 3 atom stereocenters. The molecular weight excluding hydrogens is 224 g/mol. The van der Waals surface area contributed by atoms with E-state index in [9.17, 15) is 4.79 Å². The third-order valence-electron chi connectivity index (χ3n) is 3.88. The topological polar surface area (TPSA) is 41.1 Å². The number of hydrogen-bond donors (Lipinski definition) is 2. The highest BCUT2D eigenvalue weighted by molar-refractivity contribution is 5.80. The third-order valence-corrected chi connectivity index (χ3v) is 3.88. The summed E-state index contributed by atoms with van der Waals surface area (Å²) < 4.78 is 0. The highest BCUT2D eigenvalue weighted by Gasteiger charge is 2.30. The lowest BCUT2D eigenvalue weighted by atomic mass is 9.98. The predicted octanol–water partition coefficient (Wildman–Crippen LogP) is 2.17. The maximum Gasteiger partial charge on any atom is 0.225 e. The summed E-state index contributed by atoms with van der Waals surface area (Å²) in [5.74, 6) is 0.278. The molecule has 1 aromatic carbocycles. The Kier molecular flexibility index (Phi) is 4.02. The van der Waals surface area contributed by atoms with Crippen molar-refractivity contribution >= 4 is 5.91 Å². The number of amides is 1. The highest BCUT2D eigenvalue weighted by atomic mass is 16.2. The highest BCUT2D eigenvalue weighted by Crippen LogP contribution is 2.20. The monoisotopic (exact) mass is 246 g/mol. The molecule has 3 heteroatoms. The van der Waals surface area contributed by atoms with Crippen LogP contribution in [-0.4, -0.2) is 18.5 Å². The van der Waals surface area contributed by atoms with E-state index in [2.05, 4.69) is 36.6 Å². The first-order valence-electron chi connectivity index (χ1n) is 6.69. The molecular formula is C15H22N2O. The zero-order valence-electron chi connectivity index (χ0n) is 11.4. The van der Waals surface area contributed by atoms with Crippen LogP contribution in [0.5, 0.6) is 0 Å². The summed E-state index contributed by atoms with van der Waals surface area (Å²) >= 11 is 0. The molecule has 1 fully saturated rings. The lowest BCUT2D eigenvalue weighted by Crippen LogP contribution is -2.38. The molecule has 1 heterocycles. The molecule has 1 amide bonds. The lowest BCUT2D eigenvalue weighted by molar-refractivity contribution is -0.125. The first-order valence-corrected chi connectivity index (χ1v) is 6.69. The second kappa shape index (κ2) is 5.53. The van der Waals surface area contributed by atoms with E-state index in [0.717, 1.165) is 13.0 Å². The van der Waals surface area contributed by atoms with Crippen LogP contribution in [0.15, 0.2) is 24.3 Å². The molecule has 0 radical (unpaired) electrons. The number of nitrogens with one attached hydrogen (secondary N) is 2. The van der Waals surface area contributed by atoms with Crippen LogP contribution in [0.1, 0.15) is 37.4 Å². The smallest absolute Gasteiger partial charge is 0.225 e. The Hall–Kier alpha value is -1.35. The molecule has 98 valence electrons. The van der Waals surface area contributed by atoms with E-state index < -0.39 is 0 Å². The number of rotatable bonds is 3. The number of aryl methyl sites for hydroxylation is 1. The van der Waals surface area contributed by atoms with Crippen molar-refractivity contribution < 1.29 is 4.79 Å². The minimum absolute atomic E-state index is 0.0755. The molecule has 1 aliphatic heterocycles. The van der Waals surface area contributed by atoms with Gasteiger partial charge in [-0.2, -0.15) is 0 Å². The van der Waals surface area contributed by atoms with E-state index in [1.165, 1.54) is 11.1 Å². The van der Waals surface area contributed by atoms with Gasteiger partial charge in [0.05, 0.1) is 12.0 Å². The fourth-order valence-electron chi connectivity index (χ4n) is 2.69. The van der Waals surface area contributed by atoms with Crippen LogP contribution in [-0.2, 0) is 4.79 Å². The average Bonchev–Trinajstić information content (AvgIpc) is 2.76. The first-order chi connectivity index (χ1) is 8.59. The van der Waals surface area contributed by atoms with Gasteiger partial charge in [0.2, 0.25) is 5.91 Å². The SMILES string of the molecule is Cc1ccccc1[C@H](C)NC(=O)C1CCNC1C. The van der Waals surface area contributed by atoms with Crippen LogP contribution in [0, 0.1) is 12.8 Å². The summed E-state index contributed by atoms with van der Waals surface area (Å²) in [6, 6.07) is 8.57. The van der Waals surface area contributed by atoms with E-state index in [0.29, 0.717) is 0 Å². The molecule has 0 bridgehead atoms. The molecule has 1 saturated heterocycles. The minimum atomic E-state index is 0.0755. The van der Waals surface area contributed by atoms with E-state index in [4.69, 9.17) is 0 Å². The van der Waals surface area contributed by atoms with Crippen LogP contribution in [0.4, 0.5) is 0 Å². The molecule has 0 aromatic heterocycles. The maximum atomic E-state index is 12.2. The zero-order chi connectivity index (χ0) is 13.1. The van der Waals surface area contributed by atoms with Gasteiger partial charge in [0, 0.05) is 6.04 Å². The molecule has 1 aromatic rings. The summed E-state index contributed by atoms with van der Waals surface area (Å²) in [6.45, 7) is 7.15. The van der Waals surface area contributed by atoms with E-state index in [1.54, 1.807) is 0 Å².